The minimum atomic E-state index is -0.304. The van der Waals surface area contributed by atoms with Gasteiger partial charge in [-0.2, -0.15) is 0 Å². The molecule has 0 N–H and O–H groups in total. The van der Waals surface area contributed by atoms with Crippen LogP contribution in [0.4, 0.5) is 4.39 Å². The third-order valence-corrected chi connectivity index (χ3v) is 1.09. The monoisotopic (exact) mass is 152 g/mol. The molecule has 0 bridgehead atoms. The van der Waals surface area contributed by atoms with Crippen LogP contribution in [0, 0.1) is 5.82 Å². The molecule has 0 amide bonds. The van der Waals surface area contributed by atoms with E-state index in [0.29, 0.717) is 5.56 Å². The van der Waals surface area contributed by atoms with Crippen LogP contribution in [0.5, 0.6) is 0 Å². The van der Waals surface area contributed by atoms with Crippen LogP contribution in [0.3, 0.4) is 0 Å². The van der Waals surface area contributed by atoms with Gasteiger partial charge < -0.3 is 4.84 Å². The minimum Gasteiger partial charge on any atom is -0.399 e. The molecule has 0 aliphatic rings. The van der Waals surface area contributed by atoms with Crippen molar-refractivity contribution in [1.29, 1.82) is 0 Å². The SMILES string of the molecule is CO/N=[C]\c1cccc(F)c1. The molecule has 3 heteroatoms. The van der Waals surface area contributed by atoms with E-state index in [-0.39, 0.29) is 5.82 Å². The number of hydrogen-bond acceptors (Lipinski definition) is 2. The standard InChI is InChI=1S/C8H7FNO/c1-11-10-6-7-3-2-4-8(9)5-7/h2-5H,1H3. The summed E-state index contributed by atoms with van der Waals surface area (Å²) in [4.78, 5) is 4.38. The topological polar surface area (TPSA) is 21.6 Å². The van der Waals surface area contributed by atoms with Crippen molar-refractivity contribution in [1.82, 2.24) is 0 Å². The van der Waals surface area contributed by atoms with Crippen LogP contribution in [0.1, 0.15) is 5.56 Å². The first kappa shape index (κ1) is 7.72. The zero-order chi connectivity index (χ0) is 8.10. The van der Waals surface area contributed by atoms with Crippen molar-refractivity contribution in [2.75, 3.05) is 7.11 Å². The van der Waals surface area contributed by atoms with Gasteiger partial charge in [-0.25, -0.2) is 4.39 Å². The molecule has 1 aromatic rings. The Labute approximate surface area is 64.3 Å². The zero-order valence-corrected chi connectivity index (χ0v) is 6.04. The second-order valence-electron chi connectivity index (χ2n) is 1.90. The molecule has 1 aromatic carbocycles. The first-order valence-electron chi connectivity index (χ1n) is 3.07. The zero-order valence-electron chi connectivity index (χ0n) is 6.04. The van der Waals surface area contributed by atoms with Gasteiger partial charge in [0.05, 0.1) is 0 Å². The molecule has 2 nitrogen and oxygen atoms in total. The van der Waals surface area contributed by atoms with Gasteiger partial charge in [0.25, 0.3) is 0 Å². The van der Waals surface area contributed by atoms with Crippen molar-refractivity contribution >= 4 is 6.21 Å². The maximum absolute atomic E-state index is 12.5. The molecule has 1 rings (SSSR count). The third-order valence-electron chi connectivity index (χ3n) is 1.09. The summed E-state index contributed by atoms with van der Waals surface area (Å²) < 4.78 is 12.5. The lowest BCUT2D eigenvalue weighted by molar-refractivity contribution is 0.215. The highest BCUT2D eigenvalue weighted by Gasteiger charge is 1.90. The third kappa shape index (κ3) is 2.37. The summed E-state index contributed by atoms with van der Waals surface area (Å²) in [5.41, 5.74) is 0.562. The van der Waals surface area contributed by atoms with Gasteiger partial charge in [-0.15, -0.1) is 0 Å². The molecule has 0 aliphatic heterocycles. The summed E-state index contributed by atoms with van der Waals surface area (Å²) in [7, 11) is 1.41. The Balaban J connectivity index is 2.79. The fourth-order valence-corrected chi connectivity index (χ4v) is 0.656. The van der Waals surface area contributed by atoms with Crippen LogP contribution < -0.4 is 0 Å². The van der Waals surface area contributed by atoms with E-state index in [1.54, 1.807) is 12.1 Å². The second-order valence-corrected chi connectivity index (χ2v) is 1.90. The molecule has 0 fully saturated rings. The van der Waals surface area contributed by atoms with Gasteiger partial charge in [-0.3, -0.25) is 0 Å². The highest BCUT2D eigenvalue weighted by Crippen LogP contribution is 2.00. The van der Waals surface area contributed by atoms with E-state index in [2.05, 4.69) is 16.2 Å². The van der Waals surface area contributed by atoms with Gasteiger partial charge >= 0.3 is 0 Å². The summed E-state index contributed by atoms with van der Waals surface area (Å²) in [6, 6.07) is 5.95. The molecule has 0 saturated carbocycles. The van der Waals surface area contributed by atoms with Crippen LogP contribution in [-0.4, -0.2) is 13.3 Å². The Morgan fingerprint density at radius 2 is 2.36 bits per heavy atom. The number of halogens is 1. The molecule has 0 heterocycles. The van der Waals surface area contributed by atoms with Gasteiger partial charge in [0.1, 0.15) is 19.1 Å². The van der Waals surface area contributed by atoms with E-state index in [9.17, 15) is 4.39 Å². The van der Waals surface area contributed by atoms with E-state index >= 15 is 0 Å². The lowest BCUT2D eigenvalue weighted by atomic mass is 10.2. The minimum absolute atomic E-state index is 0.304. The Kier molecular flexibility index (Phi) is 2.60. The van der Waals surface area contributed by atoms with E-state index in [1.807, 2.05) is 0 Å². The molecule has 1 radical (unpaired) electrons. The van der Waals surface area contributed by atoms with Crippen molar-refractivity contribution in [3.63, 3.8) is 0 Å². The lowest BCUT2D eigenvalue weighted by Crippen LogP contribution is -1.82. The Hall–Kier alpha value is -1.38. The summed E-state index contributed by atoms with van der Waals surface area (Å²) in [6.45, 7) is 0. The molecular formula is C8H7FNO. The average Bonchev–Trinajstić information content (AvgIpc) is 2.01. The van der Waals surface area contributed by atoms with Gasteiger partial charge in [0, 0.05) is 5.56 Å². The van der Waals surface area contributed by atoms with Crippen LogP contribution >= 0.6 is 0 Å². The maximum Gasteiger partial charge on any atom is 0.139 e. The fourth-order valence-electron chi connectivity index (χ4n) is 0.656. The highest BCUT2D eigenvalue weighted by molar-refractivity contribution is 5.78. The summed E-state index contributed by atoms with van der Waals surface area (Å²) >= 11 is 0. The summed E-state index contributed by atoms with van der Waals surface area (Å²) in [5, 5.41) is 3.37. The van der Waals surface area contributed by atoms with Crippen LogP contribution in [0.25, 0.3) is 0 Å². The number of benzene rings is 1. The smallest absolute Gasteiger partial charge is 0.139 e. The molecule has 0 unspecified atom stereocenters. The first-order chi connectivity index (χ1) is 5.33. The van der Waals surface area contributed by atoms with Crippen LogP contribution in [0.2, 0.25) is 0 Å². The van der Waals surface area contributed by atoms with Crippen molar-refractivity contribution in [2.45, 2.75) is 0 Å². The van der Waals surface area contributed by atoms with Crippen molar-refractivity contribution in [3.05, 3.63) is 35.6 Å². The van der Waals surface area contributed by atoms with Crippen molar-refractivity contribution in [3.8, 4) is 0 Å². The van der Waals surface area contributed by atoms with Gasteiger partial charge in [0.2, 0.25) is 0 Å². The Bertz CT molecular complexity index is 260. The number of rotatable bonds is 2. The predicted octanol–water partition coefficient (Wildman–Crippen LogP) is 1.68. The summed E-state index contributed by atoms with van der Waals surface area (Å²) in [5.74, 6) is -0.304. The Morgan fingerprint density at radius 1 is 1.55 bits per heavy atom. The number of nitrogens with zero attached hydrogens (tertiary/aromatic N) is 1. The summed E-state index contributed by atoms with van der Waals surface area (Å²) in [6.07, 6.45) is 2.50. The van der Waals surface area contributed by atoms with Gasteiger partial charge in [-0.1, -0.05) is 17.3 Å². The van der Waals surface area contributed by atoms with Crippen molar-refractivity contribution < 1.29 is 9.23 Å². The van der Waals surface area contributed by atoms with E-state index < -0.39 is 0 Å². The normalized spacial score (nSPS) is 10.4. The van der Waals surface area contributed by atoms with E-state index in [0.717, 1.165) is 0 Å². The molecule has 0 atom stereocenters. The molecule has 11 heavy (non-hydrogen) atoms. The molecule has 0 saturated heterocycles. The number of hydrogen-bond donors (Lipinski definition) is 0. The average molecular weight is 152 g/mol. The molecular weight excluding hydrogens is 145 g/mol. The van der Waals surface area contributed by atoms with Crippen LogP contribution in [0.15, 0.2) is 29.4 Å². The fraction of sp³-hybridized carbons (Fsp3) is 0.125. The largest absolute Gasteiger partial charge is 0.399 e. The first-order valence-corrected chi connectivity index (χ1v) is 3.07. The molecule has 0 spiro atoms. The Morgan fingerprint density at radius 3 is 3.00 bits per heavy atom. The van der Waals surface area contributed by atoms with Gasteiger partial charge in [-0.05, 0) is 12.1 Å². The second kappa shape index (κ2) is 3.71. The quantitative estimate of drug-likeness (QED) is 0.466. The van der Waals surface area contributed by atoms with Crippen LogP contribution in [-0.2, 0) is 4.84 Å². The molecule has 0 aromatic heterocycles. The maximum atomic E-state index is 12.5. The predicted molar refractivity (Wildman–Crippen MR) is 39.9 cm³/mol. The van der Waals surface area contributed by atoms with E-state index in [1.165, 1.54) is 19.2 Å². The molecule has 0 aliphatic carbocycles. The van der Waals surface area contributed by atoms with E-state index in [4.69, 9.17) is 0 Å². The van der Waals surface area contributed by atoms with Crippen molar-refractivity contribution in [2.24, 2.45) is 5.16 Å². The molecule has 57 valence electrons. The van der Waals surface area contributed by atoms with Gasteiger partial charge in [0.15, 0.2) is 0 Å². The lowest BCUT2D eigenvalue weighted by Gasteiger charge is -1.89. The highest BCUT2D eigenvalue weighted by atomic mass is 19.1.